The molecule has 1 fully saturated rings. The number of aliphatic hydroxyl groups excluding tert-OH is 1. The molecule has 0 saturated carbocycles. The SMILES string of the molecule is CC(CO)CCCNC(=O)CCC1CCNCC1. The van der Waals surface area contributed by atoms with E-state index in [9.17, 15) is 4.79 Å². The van der Waals surface area contributed by atoms with Gasteiger partial charge in [0.1, 0.15) is 0 Å². The van der Waals surface area contributed by atoms with Gasteiger partial charge in [0.15, 0.2) is 0 Å². The van der Waals surface area contributed by atoms with Gasteiger partial charge in [-0.15, -0.1) is 0 Å². The van der Waals surface area contributed by atoms with E-state index < -0.39 is 0 Å². The average molecular weight is 256 g/mol. The number of aliphatic hydroxyl groups is 1. The third-order valence-electron chi connectivity index (χ3n) is 3.75. The largest absolute Gasteiger partial charge is 0.396 e. The Bertz CT molecular complexity index is 228. The lowest BCUT2D eigenvalue weighted by Crippen LogP contribution is -2.29. The van der Waals surface area contributed by atoms with Gasteiger partial charge in [0, 0.05) is 19.6 Å². The topological polar surface area (TPSA) is 61.4 Å². The number of piperidine rings is 1. The summed E-state index contributed by atoms with van der Waals surface area (Å²) in [7, 11) is 0. The van der Waals surface area contributed by atoms with E-state index in [1.807, 2.05) is 6.92 Å². The molecule has 0 bridgehead atoms. The fraction of sp³-hybridized carbons (Fsp3) is 0.929. The molecule has 106 valence electrons. The average Bonchev–Trinajstić information content (AvgIpc) is 2.42. The molecule has 0 aromatic rings. The molecule has 3 N–H and O–H groups in total. The summed E-state index contributed by atoms with van der Waals surface area (Å²) < 4.78 is 0. The van der Waals surface area contributed by atoms with Crippen molar-refractivity contribution in [2.45, 2.75) is 45.4 Å². The van der Waals surface area contributed by atoms with E-state index in [4.69, 9.17) is 5.11 Å². The maximum Gasteiger partial charge on any atom is 0.220 e. The first kappa shape index (κ1) is 15.4. The number of hydrogen-bond acceptors (Lipinski definition) is 3. The van der Waals surface area contributed by atoms with Crippen LogP contribution in [0.3, 0.4) is 0 Å². The van der Waals surface area contributed by atoms with Crippen LogP contribution in [0.15, 0.2) is 0 Å². The molecule has 0 aliphatic carbocycles. The summed E-state index contributed by atoms with van der Waals surface area (Å²) in [5.41, 5.74) is 0. The van der Waals surface area contributed by atoms with Gasteiger partial charge in [-0.1, -0.05) is 6.92 Å². The second-order valence-corrected chi connectivity index (χ2v) is 5.51. The third-order valence-corrected chi connectivity index (χ3v) is 3.75. The monoisotopic (exact) mass is 256 g/mol. The molecule has 1 atom stereocenters. The van der Waals surface area contributed by atoms with E-state index in [1.165, 1.54) is 12.8 Å². The lowest BCUT2D eigenvalue weighted by molar-refractivity contribution is -0.121. The molecule has 1 rings (SSSR count). The molecule has 18 heavy (non-hydrogen) atoms. The van der Waals surface area contributed by atoms with Crippen molar-refractivity contribution in [1.82, 2.24) is 10.6 Å². The van der Waals surface area contributed by atoms with Crippen molar-refractivity contribution in [3.05, 3.63) is 0 Å². The Labute approximate surface area is 111 Å². The van der Waals surface area contributed by atoms with Crippen molar-refractivity contribution in [3.63, 3.8) is 0 Å². The molecule has 1 aliphatic heterocycles. The molecule has 1 amide bonds. The van der Waals surface area contributed by atoms with Crippen LogP contribution in [-0.2, 0) is 4.79 Å². The normalized spacial score (nSPS) is 18.6. The van der Waals surface area contributed by atoms with Crippen LogP contribution in [0.4, 0.5) is 0 Å². The van der Waals surface area contributed by atoms with Crippen molar-refractivity contribution in [3.8, 4) is 0 Å². The van der Waals surface area contributed by atoms with Crippen molar-refractivity contribution < 1.29 is 9.90 Å². The van der Waals surface area contributed by atoms with Gasteiger partial charge in [-0.25, -0.2) is 0 Å². The molecule has 1 unspecified atom stereocenters. The number of nitrogens with one attached hydrogen (secondary N) is 2. The minimum absolute atomic E-state index is 0.185. The summed E-state index contributed by atoms with van der Waals surface area (Å²) >= 11 is 0. The number of hydrogen-bond donors (Lipinski definition) is 3. The Morgan fingerprint density at radius 1 is 1.44 bits per heavy atom. The van der Waals surface area contributed by atoms with Gasteiger partial charge >= 0.3 is 0 Å². The zero-order chi connectivity index (χ0) is 13.2. The summed E-state index contributed by atoms with van der Waals surface area (Å²) in [4.78, 5) is 11.6. The number of carbonyl (C=O) groups is 1. The van der Waals surface area contributed by atoms with E-state index in [0.29, 0.717) is 12.3 Å². The van der Waals surface area contributed by atoms with Gasteiger partial charge in [0.2, 0.25) is 5.91 Å². The summed E-state index contributed by atoms with van der Waals surface area (Å²) in [6, 6.07) is 0. The van der Waals surface area contributed by atoms with Crippen LogP contribution >= 0.6 is 0 Å². The predicted octanol–water partition coefficient (Wildman–Crippen LogP) is 1.29. The maximum atomic E-state index is 11.6. The quantitative estimate of drug-likeness (QED) is 0.574. The summed E-state index contributed by atoms with van der Waals surface area (Å²) in [6.07, 6.45) is 6.05. The molecule has 0 radical (unpaired) electrons. The molecular weight excluding hydrogens is 228 g/mol. The van der Waals surface area contributed by atoms with Crippen molar-refractivity contribution in [2.75, 3.05) is 26.2 Å². The Morgan fingerprint density at radius 3 is 2.83 bits per heavy atom. The Kier molecular flexibility index (Phi) is 8.01. The zero-order valence-corrected chi connectivity index (χ0v) is 11.6. The minimum atomic E-state index is 0.185. The number of rotatable bonds is 8. The summed E-state index contributed by atoms with van der Waals surface area (Å²) in [5, 5.41) is 15.2. The minimum Gasteiger partial charge on any atom is -0.396 e. The highest BCUT2D eigenvalue weighted by Gasteiger charge is 2.14. The number of amides is 1. The van der Waals surface area contributed by atoms with Crippen LogP contribution < -0.4 is 10.6 Å². The van der Waals surface area contributed by atoms with Crippen LogP contribution in [0.5, 0.6) is 0 Å². The standard InChI is InChI=1S/C14H28N2O2/c1-12(11-17)3-2-8-16-14(18)5-4-13-6-9-15-10-7-13/h12-13,15,17H,2-11H2,1H3,(H,16,18). The molecule has 0 aromatic heterocycles. The fourth-order valence-corrected chi connectivity index (χ4v) is 2.36. The maximum absolute atomic E-state index is 11.6. The van der Waals surface area contributed by atoms with Gasteiger partial charge in [-0.3, -0.25) is 4.79 Å². The van der Waals surface area contributed by atoms with Crippen molar-refractivity contribution >= 4 is 5.91 Å². The Morgan fingerprint density at radius 2 is 2.17 bits per heavy atom. The first-order valence-corrected chi connectivity index (χ1v) is 7.30. The molecule has 1 heterocycles. The van der Waals surface area contributed by atoms with E-state index >= 15 is 0 Å². The molecule has 4 heteroatoms. The molecule has 1 aliphatic rings. The van der Waals surface area contributed by atoms with Crippen molar-refractivity contribution in [1.29, 1.82) is 0 Å². The van der Waals surface area contributed by atoms with E-state index in [-0.39, 0.29) is 12.5 Å². The second-order valence-electron chi connectivity index (χ2n) is 5.51. The predicted molar refractivity (Wildman–Crippen MR) is 73.3 cm³/mol. The third kappa shape index (κ3) is 6.97. The molecule has 1 saturated heterocycles. The lowest BCUT2D eigenvalue weighted by Gasteiger charge is -2.22. The van der Waals surface area contributed by atoms with Gasteiger partial charge in [0.05, 0.1) is 0 Å². The highest BCUT2D eigenvalue weighted by Crippen LogP contribution is 2.17. The highest BCUT2D eigenvalue weighted by molar-refractivity contribution is 5.75. The van der Waals surface area contributed by atoms with Crippen LogP contribution in [0.25, 0.3) is 0 Å². The smallest absolute Gasteiger partial charge is 0.220 e. The van der Waals surface area contributed by atoms with Crippen molar-refractivity contribution in [2.24, 2.45) is 11.8 Å². The highest BCUT2D eigenvalue weighted by atomic mass is 16.3. The van der Waals surface area contributed by atoms with Gasteiger partial charge in [-0.05, 0) is 57.0 Å². The van der Waals surface area contributed by atoms with Gasteiger partial charge in [-0.2, -0.15) is 0 Å². The molecule has 0 aromatic carbocycles. The lowest BCUT2D eigenvalue weighted by atomic mass is 9.93. The van der Waals surface area contributed by atoms with Gasteiger partial charge < -0.3 is 15.7 Å². The van der Waals surface area contributed by atoms with E-state index in [0.717, 1.165) is 44.8 Å². The van der Waals surface area contributed by atoms with Crippen LogP contribution in [-0.4, -0.2) is 37.3 Å². The summed E-state index contributed by atoms with van der Waals surface area (Å²) in [6.45, 7) is 5.22. The van der Waals surface area contributed by atoms with E-state index in [1.54, 1.807) is 0 Å². The summed E-state index contributed by atoms with van der Waals surface area (Å²) in [5.74, 6) is 1.26. The molecule has 0 spiro atoms. The molecular formula is C14H28N2O2. The first-order valence-electron chi connectivity index (χ1n) is 7.30. The van der Waals surface area contributed by atoms with Crippen LogP contribution in [0, 0.1) is 11.8 Å². The van der Waals surface area contributed by atoms with Crippen LogP contribution in [0.2, 0.25) is 0 Å². The Balaban J connectivity index is 1.96. The van der Waals surface area contributed by atoms with Crippen LogP contribution in [0.1, 0.15) is 45.4 Å². The fourth-order valence-electron chi connectivity index (χ4n) is 2.36. The number of carbonyl (C=O) groups excluding carboxylic acids is 1. The first-order chi connectivity index (χ1) is 8.72. The van der Waals surface area contributed by atoms with Gasteiger partial charge in [0.25, 0.3) is 0 Å². The Hall–Kier alpha value is -0.610. The zero-order valence-electron chi connectivity index (χ0n) is 11.6. The second kappa shape index (κ2) is 9.34. The molecule has 4 nitrogen and oxygen atoms in total. The van der Waals surface area contributed by atoms with E-state index in [2.05, 4.69) is 10.6 Å².